The Morgan fingerprint density at radius 3 is 2.75 bits per heavy atom. The molecule has 1 aliphatic rings. The lowest BCUT2D eigenvalue weighted by Crippen LogP contribution is -2.49. The maximum absolute atomic E-state index is 5.72. The number of hydrogen-bond acceptors (Lipinski definition) is 3. The van der Waals surface area contributed by atoms with Crippen molar-refractivity contribution in [3.8, 4) is 0 Å². The highest BCUT2D eigenvalue weighted by Crippen LogP contribution is 2.44. The Bertz CT molecular complexity index is 338. The molecule has 1 saturated carbocycles. The van der Waals surface area contributed by atoms with Crippen LogP contribution < -0.4 is 5.32 Å². The van der Waals surface area contributed by atoms with E-state index >= 15 is 0 Å². The predicted octanol–water partition coefficient (Wildman–Crippen LogP) is 1.73. The average molecular weight is 223 g/mol. The Morgan fingerprint density at radius 2 is 2.38 bits per heavy atom. The lowest BCUT2D eigenvalue weighted by molar-refractivity contribution is -0.0983. The second-order valence-corrected chi connectivity index (χ2v) is 4.47. The first-order valence-corrected chi connectivity index (χ1v) is 6.00. The van der Waals surface area contributed by atoms with Gasteiger partial charge in [0, 0.05) is 25.4 Å². The van der Waals surface area contributed by atoms with Crippen molar-refractivity contribution in [3.63, 3.8) is 0 Å². The van der Waals surface area contributed by atoms with E-state index in [4.69, 9.17) is 4.74 Å². The van der Waals surface area contributed by atoms with E-state index in [1.54, 1.807) is 0 Å². The Hall–Kier alpha value is -0.870. The lowest BCUT2D eigenvalue weighted by Gasteiger charge is -2.46. The quantitative estimate of drug-likeness (QED) is 0.826. The van der Waals surface area contributed by atoms with Crippen LogP contribution in [0.2, 0.25) is 0 Å². The van der Waals surface area contributed by atoms with Gasteiger partial charge in [-0.05, 0) is 33.2 Å². The molecular formula is C12H21N3O. The van der Waals surface area contributed by atoms with E-state index in [1.165, 1.54) is 12.0 Å². The molecule has 1 unspecified atom stereocenters. The van der Waals surface area contributed by atoms with Gasteiger partial charge in [-0.25, -0.2) is 0 Å². The fourth-order valence-corrected chi connectivity index (χ4v) is 2.57. The van der Waals surface area contributed by atoms with E-state index in [1.807, 2.05) is 25.0 Å². The van der Waals surface area contributed by atoms with Gasteiger partial charge < -0.3 is 10.1 Å². The third-order valence-electron chi connectivity index (χ3n) is 3.73. The number of hydrogen-bond donors (Lipinski definition) is 1. The number of aryl methyl sites for hydroxylation is 1. The maximum Gasteiger partial charge on any atom is 0.0873 e. The van der Waals surface area contributed by atoms with Crippen LogP contribution in [0.15, 0.2) is 12.4 Å². The molecule has 4 nitrogen and oxygen atoms in total. The second-order valence-electron chi connectivity index (χ2n) is 4.47. The summed E-state index contributed by atoms with van der Waals surface area (Å²) in [6, 6.07) is 0.256. The van der Waals surface area contributed by atoms with Gasteiger partial charge in [0.1, 0.15) is 0 Å². The van der Waals surface area contributed by atoms with Crippen LogP contribution in [0.5, 0.6) is 0 Å². The average Bonchev–Trinajstić information content (AvgIpc) is 2.71. The van der Waals surface area contributed by atoms with Crippen molar-refractivity contribution in [2.45, 2.75) is 44.4 Å². The molecular weight excluding hydrogens is 202 g/mol. The van der Waals surface area contributed by atoms with Gasteiger partial charge in [-0.3, -0.25) is 4.68 Å². The summed E-state index contributed by atoms with van der Waals surface area (Å²) in [7, 11) is 3.81. The Labute approximate surface area is 97.0 Å². The first-order valence-electron chi connectivity index (χ1n) is 6.00. The van der Waals surface area contributed by atoms with E-state index in [9.17, 15) is 0 Å². The largest absolute Gasteiger partial charge is 0.376 e. The van der Waals surface area contributed by atoms with Crippen LogP contribution in [0.4, 0.5) is 0 Å². The fraction of sp³-hybridized carbons (Fsp3) is 0.750. The monoisotopic (exact) mass is 223 g/mol. The van der Waals surface area contributed by atoms with Crippen molar-refractivity contribution < 1.29 is 4.74 Å². The summed E-state index contributed by atoms with van der Waals surface area (Å²) in [4.78, 5) is 0. The molecule has 0 saturated heterocycles. The highest BCUT2D eigenvalue weighted by Gasteiger charge is 2.44. The summed E-state index contributed by atoms with van der Waals surface area (Å²) in [5.41, 5.74) is 1.21. The minimum absolute atomic E-state index is 0.0175. The number of rotatable bonds is 5. The number of nitrogens with one attached hydrogen (secondary N) is 1. The van der Waals surface area contributed by atoms with Crippen LogP contribution in [0.1, 0.15) is 37.8 Å². The van der Waals surface area contributed by atoms with Gasteiger partial charge in [0.2, 0.25) is 0 Å². The standard InChI is InChI=1S/C12H21N3O/c1-4-15-9-10(8-14-15)11(13-2)12(16-3)6-5-7-12/h8-9,11,13H,4-7H2,1-3H3. The lowest BCUT2D eigenvalue weighted by atomic mass is 9.73. The predicted molar refractivity (Wildman–Crippen MR) is 63.3 cm³/mol. The topological polar surface area (TPSA) is 39.1 Å². The Balaban J connectivity index is 2.21. The summed E-state index contributed by atoms with van der Waals surface area (Å²) < 4.78 is 7.68. The molecule has 0 bridgehead atoms. The molecule has 0 spiro atoms. The number of methoxy groups -OCH3 is 1. The van der Waals surface area contributed by atoms with E-state index in [0.717, 1.165) is 19.4 Å². The van der Waals surface area contributed by atoms with Gasteiger partial charge in [0.25, 0.3) is 0 Å². The summed E-state index contributed by atoms with van der Waals surface area (Å²) in [6.07, 6.45) is 7.58. The van der Waals surface area contributed by atoms with Gasteiger partial charge in [0.05, 0.1) is 17.8 Å². The molecule has 1 aliphatic carbocycles. The number of likely N-dealkylation sites (N-methyl/N-ethyl adjacent to an activating group) is 1. The van der Waals surface area contributed by atoms with Crippen LogP contribution >= 0.6 is 0 Å². The number of ether oxygens (including phenoxy) is 1. The van der Waals surface area contributed by atoms with Gasteiger partial charge in [-0.1, -0.05) is 0 Å². The van der Waals surface area contributed by atoms with Crippen LogP contribution in [-0.2, 0) is 11.3 Å². The molecule has 0 aromatic carbocycles. The van der Waals surface area contributed by atoms with Crippen molar-refractivity contribution in [2.75, 3.05) is 14.2 Å². The molecule has 4 heteroatoms. The van der Waals surface area contributed by atoms with E-state index in [2.05, 4.69) is 23.5 Å². The fourth-order valence-electron chi connectivity index (χ4n) is 2.57. The van der Waals surface area contributed by atoms with Crippen molar-refractivity contribution in [1.82, 2.24) is 15.1 Å². The van der Waals surface area contributed by atoms with E-state index < -0.39 is 0 Å². The summed E-state index contributed by atoms with van der Waals surface area (Å²) in [6.45, 7) is 3.01. The Kier molecular flexibility index (Phi) is 3.30. The van der Waals surface area contributed by atoms with Crippen LogP contribution in [0.3, 0.4) is 0 Å². The molecule has 16 heavy (non-hydrogen) atoms. The summed E-state index contributed by atoms with van der Waals surface area (Å²) in [5.74, 6) is 0. The molecule has 0 radical (unpaired) electrons. The van der Waals surface area contributed by atoms with Gasteiger partial charge in [0.15, 0.2) is 0 Å². The van der Waals surface area contributed by atoms with Crippen molar-refractivity contribution in [1.29, 1.82) is 0 Å². The highest BCUT2D eigenvalue weighted by molar-refractivity contribution is 5.18. The molecule has 0 aliphatic heterocycles. The molecule has 1 fully saturated rings. The van der Waals surface area contributed by atoms with E-state index in [0.29, 0.717) is 0 Å². The van der Waals surface area contributed by atoms with Crippen molar-refractivity contribution in [2.24, 2.45) is 0 Å². The minimum Gasteiger partial charge on any atom is -0.376 e. The molecule has 1 heterocycles. The molecule has 1 N–H and O–H groups in total. The van der Waals surface area contributed by atoms with Gasteiger partial charge in [-0.15, -0.1) is 0 Å². The second kappa shape index (κ2) is 4.55. The zero-order valence-electron chi connectivity index (χ0n) is 10.4. The third kappa shape index (κ3) is 1.76. The summed E-state index contributed by atoms with van der Waals surface area (Å²) >= 11 is 0. The first-order chi connectivity index (χ1) is 7.75. The highest BCUT2D eigenvalue weighted by atomic mass is 16.5. The van der Waals surface area contributed by atoms with Crippen LogP contribution in [-0.4, -0.2) is 29.5 Å². The molecule has 1 atom stereocenters. The molecule has 1 aromatic rings. The summed E-state index contributed by atoms with van der Waals surface area (Å²) in [5, 5.41) is 7.70. The van der Waals surface area contributed by atoms with Gasteiger partial charge in [-0.2, -0.15) is 5.10 Å². The first kappa shape index (κ1) is 11.6. The van der Waals surface area contributed by atoms with Crippen molar-refractivity contribution >= 4 is 0 Å². The smallest absolute Gasteiger partial charge is 0.0873 e. The number of aromatic nitrogens is 2. The normalized spacial score (nSPS) is 20.4. The third-order valence-corrected chi connectivity index (χ3v) is 3.73. The molecule has 0 amide bonds. The van der Waals surface area contributed by atoms with Crippen LogP contribution in [0.25, 0.3) is 0 Å². The molecule has 1 aromatic heterocycles. The zero-order valence-corrected chi connectivity index (χ0v) is 10.4. The molecule has 2 rings (SSSR count). The van der Waals surface area contributed by atoms with Crippen molar-refractivity contribution in [3.05, 3.63) is 18.0 Å². The van der Waals surface area contributed by atoms with Gasteiger partial charge >= 0.3 is 0 Å². The van der Waals surface area contributed by atoms with E-state index in [-0.39, 0.29) is 11.6 Å². The SMILES string of the molecule is CCn1cc(C(NC)C2(OC)CCC2)cn1. The minimum atomic E-state index is -0.0175. The molecule has 90 valence electrons. The number of nitrogens with zero attached hydrogens (tertiary/aromatic N) is 2. The Morgan fingerprint density at radius 1 is 1.62 bits per heavy atom. The zero-order chi connectivity index (χ0) is 11.6. The maximum atomic E-state index is 5.72. The van der Waals surface area contributed by atoms with Crippen LogP contribution in [0, 0.1) is 0 Å².